The van der Waals surface area contributed by atoms with Gasteiger partial charge in [-0.2, -0.15) is 0 Å². The highest BCUT2D eigenvalue weighted by Crippen LogP contribution is 2.32. The highest BCUT2D eigenvalue weighted by atomic mass is 32.2. The third-order valence-electron chi connectivity index (χ3n) is 4.31. The van der Waals surface area contributed by atoms with Gasteiger partial charge in [0, 0.05) is 25.4 Å². The third kappa shape index (κ3) is 3.49. The topological polar surface area (TPSA) is 54.5 Å². The van der Waals surface area contributed by atoms with Crippen molar-refractivity contribution in [3.05, 3.63) is 71.0 Å². The number of hydrogen-bond acceptors (Lipinski definition) is 3. The van der Waals surface area contributed by atoms with Crippen molar-refractivity contribution < 1.29 is 17.6 Å². The number of likely N-dealkylation sites (N-methyl/N-ethyl adjacent to an activating group) is 1. The molecule has 1 amide bonds. The second-order valence-electron chi connectivity index (χ2n) is 6.13. The Kier molecular flexibility index (Phi) is 4.47. The number of nitrogens with zero attached hydrogens (tertiary/aromatic N) is 1. The second kappa shape index (κ2) is 6.44. The van der Waals surface area contributed by atoms with Gasteiger partial charge in [-0.05, 0) is 47.4 Å². The van der Waals surface area contributed by atoms with E-state index in [9.17, 15) is 17.6 Å². The minimum Gasteiger partial charge on any atom is -0.342 e. The number of amides is 1. The highest BCUT2D eigenvalue weighted by Gasteiger charge is 2.27. The summed E-state index contributed by atoms with van der Waals surface area (Å²) in [7, 11) is -1.55. The molecule has 1 saturated heterocycles. The van der Waals surface area contributed by atoms with Crippen LogP contribution in [0, 0.1) is 5.82 Å². The van der Waals surface area contributed by atoms with E-state index in [-0.39, 0.29) is 16.6 Å². The molecule has 6 heteroatoms. The standard InChI is InChI=1S/C19H18FNO3S/c1-21-12-11-17(19(21)22)18(13-3-7-15(20)8-4-13)14-5-9-16(10-6-14)25(2,23)24/h3-10H,11-12H2,1-2H3. The maximum Gasteiger partial charge on any atom is 0.250 e. The van der Waals surface area contributed by atoms with Crippen LogP contribution in [-0.4, -0.2) is 39.1 Å². The minimum atomic E-state index is -3.29. The third-order valence-corrected chi connectivity index (χ3v) is 5.44. The molecule has 0 unspecified atom stereocenters. The highest BCUT2D eigenvalue weighted by molar-refractivity contribution is 7.90. The maximum absolute atomic E-state index is 13.3. The van der Waals surface area contributed by atoms with Crippen molar-refractivity contribution in [2.45, 2.75) is 11.3 Å². The van der Waals surface area contributed by atoms with E-state index in [0.29, 0.717) is 18.5 Å². The lowest BCUT2D eigenvalue weighted by atomic mass is 9.92. The van der Waals surface area contributed by atoms with Crippen molar-refractivity contribution in [3.63, 3.8) is 0 Å². The van der Waals surface area contributed by atoms with Gasteiger partial charge in [-0.15, -0.1) is 0 Å². The summed E-state index contributed by atoms with van der Waals surface area (Å²) < 4.78 is 36.6. The monoisotopic (exact) mass is 359 g/mol. The van der Waals surface area contributed by atoms with Gasteiger partial charge in [-0.25, -0.2) is 12.8 Å². The fourth-order valence-electron chi connectivity index (χ4n) is 2.95. The number of halogens is 1. The summed E-state index contributed by atoms with van der Waals surface area (Å²) in [6.07, 6.45) is 1.74. The molecule has 25 heavy (non-hydrogen) atoms. The van der Waals surface area contributed by atoms with Crippen LogP contribution in [0.4, 0.5) is 4.39 Å². The molecule has 0 spiro atoms. The van der Waals surface area contributed by atoms with Crippen LogP contribution in [0.15, 0.2) is 59.0 Å². The molecule has 0 saturated carbocycles. The van der Waals surface area contributed by atoms with E-state index >= 15 is 0 Å². The first-order valence-corrected chi connectivity index (χ1v) is 9.71. The van der Waals surface area contributed by atoms with Gasteiger partial charge in [0.2, 0.25) is 5.91 Å². The van der Waals surface area contributed by atoms with Crippen LogP contribution in [0.3, 0.4) is 0 Å². The van der Waals surface area contributed by atoms with E-state index < -0.39 is 9.84 Å². The van der Waals surface area contributed by atoms with Crippen molar-refractivity contribution in [1.29, 1.82) is 0 Å². The van der Waals surface area contributed by atoms with Crippen molar-refractivity contribution in [2.75, 3.05) is 19.8 Å². The van der Waals surface area contributed by atoms with Crippen molar-refractivity contribution in [2.24, 2.45) is 0 Å². The van der Waals surface area contributed by atoms with Crippen LogP contribution in [0.5, 0.6) is 0 Å². The molecule has 1 heterocycles. The van der Waals surface area contributed by atoms with Crippen LogP contribution in [-0.2, 0) is 14.6 Å². The predicted molar refractivity (Wildman–Crippen MR) is 94.2 cm³/mol. The van der Waals surface area contributed by atoms with Gasteiger partial charge >= 0.3 is 0 Å². The first kappa shape index (κ1) is 17.4. The van der Waals surface area contributed by atoms with Gasteiger partial charge in [-0.1, -0.05) is 24.3 Å². The van der Waals surface area contributed by atoms with E-state index in [2.05, 4.69) is 0 Å². The fraction of sp³-hybridized carbons (Fsp3) is 0.211. The molecule has 0 bridgehead atoms. The molecule has 0 aromatic heterocycles. The fourth-order valence-corrected chi connectivity index (χ4v) is 3.58. The van der Waals surface area contributed by atoms with Crippen molar-refractivity contribution >= 4 is 21.3 Å². The lowest BCUT2D eigenvalue weighted by molar-refractivity contribution is -0.123. The molecule has 1 aliphatic rings. The predicted octanol–water partition coefficient (Wildman–Crippen LogP) is 2.89. The van der Waals surface area contributed by atoms with Crippen LogP contribution in [0.25, 0.3) is 5.57 Å². The molecule has 0 radical (unpaired) electrons. The summed E-state index contributed by atoms with van der Waals surface area (Å²) in [5, 5.41) is 0. The Morgan fingerprint density at radius 2 is 1.52 bits per heavy atom. The maximum atomic E-state index is 13.3. The lowest BCUT2D eigenvalue weighted by Gasteiger charge is -2.13. The molecule has 1 fully saturated rings. The normalized spacial score (nSPS) is 17.1. The molecule has 2 aromatic carbocycles. The summed E-state index contributed by atoms with van der Waals surface area (Å²) in [5.41, 5.74) is 2.83. The van der Waals surface area contributed by atoms with Gasteiger partial charge in [0.15, 0.2) is 9.84 Å². The first-order valence-electron chi connectivity index (χ1n) is 7.82. The number of carbonyl (C=O) groups excluding carboxylic acids is 1. The average molecular weight is 359 g/mol. The molecule has 0 N–H and O–H groups in total. The molecule has 1 aliphatic heterocycles. The van der Waals surface area contributed by atoms with Crippen molar-refractivity contribution in [1.82, 2.24) is 4.90 Å². The van der Waals surface area contributed by atoms with Crippen molar-refractivity contribution in [3.8, 4) is 0 Å². The van der Waals surface area contributed by atoms with Gasteiger partial charge < -0.3 is 4.90 Å². The Hall–Kier alpha value is -2.47. The van der Waals surface area contributed by atoms with Crippen LogP contribution < -0.4 is 0 Å². The Labute approximate surface area is 146 Å². The van der Waals surface area contributed by atoms with Crippen LogP contribution in [0.1, 0.15) is 17.5 Å². The summed E-state index contributed by atoms with van der Waals surface area (Å²) in [4.78, 5) is 14.3. The van der Waals surface area contributed by atoms with E-state index in [1.54, 1.807) is 36.2 Å². The molecule has 130 valence electrons. The molecule has 4 nitrogen and oxygen atoms in total. The Balaban J connectivity index is 2.17. The van der Waals surface area contributed by atoms with E-state index in [4.69, 9.17) is 0 Å². The number of sulfone groups is 1. The zero-order valence-electron chi connectivity index (χ0n) is 14.0. The molecule has 2 aromatic rings. The van der Waals surface area contributed by atoms with Gasteiger partial charge in [0.05, 0.1) is 4.90 Å². The SMILES string of the molecule is CN1CCC(=C(c2ccc(F)cc2)c2ccc(S(C)(=O)=O)cc2)C1=O. The molecule has 0 aliphatic carbocycles. The molecule has 3 rings (SSSR count). The van der Waals surface area contributed by atoms with Crippen LogP contribution >= 0.6 is 0 Å². The molecular formula is C19H18FNO3S. The summed E-state index contributed by atoms with van der Waals surface area (Å²) >= 11 is 0. The second-order valence-corrected chi connectivity index (χ2v) is 8.15. The number of hydrogen-bond donors (Lipinski definition) is 0. The summed E-state index contributed by atoms with van der Waals surface area (Å²) in [5.74, 6) is -0.415. The Morgan fingerprint density at radius 1 is 1.00 bits per heavy atom. The van der Waals surface area contributed by atoms with Gasteiger partial charge in [0.1, 0.15) is 5.82 Å². The van der Waals surface area contributed by atoms with Gasteiger partial charge in [-0.3, -0.25) is 4.79 Å². The zero-order valence-corrected chi connectivity index (χ0v) is 14.8. The summed E-state index contributed by atoms with van der Waals surface area (Å²) in [6, 6.07) is 12.4. The summed E-state index contributed by atoms with van der Waals surface area (Å²) in [6.45, 7) is 0.625. The largest absolute Gasteiger partial charge is 0.342 e. The number of likely N-dealkylation sites (tertiary alicyclic amines) is 1. The zero-order chi connectivity index (χ0) is 18.2. The minimum absolute atomic E-state index is 0.0634. The number of carbonyl (C=O) groups is 1. The van der Waals surface area contributed by atoms with Gasteiger partial charge in [0.25, 0.3) is 0 Å². The average Bonchev–Trinajstić information content (AvgIpc) is 2.89. The number of rotatable bonds is 3. The number of benzene rings is 2. The first-order chi connectivity index (χ1) is 11.8. The molecule has 0 atom stereocenters. The Morgan fingerprint density at radius 3 is 1.96 bits per heavy atom. The quantitative estimate of drug-likeness (QED) is 0.792. The van der Waals surface area contributed by atoms with E-state index in [0.717, 1.165) is 23.0 Å². The van der Waals surface area contributed by atoms with E-state index in [1.807, 2.05) is 0 Å². The molecular weight excluding hydrogens is 341 g/mol. The Bertz CT molecular complexity index is 945. The van der Waals surface area contributed by atoms with E-state index in [1.165, 1.54) is 24.3 Å². The smallest absolute Gasteiger partial charge is 0.250 e. The van der Waals surface area contributed by atoms with Crippen LogP contribution in [0.2, 0.25) is 0 Å². The lowest BCUT2D eigenvalue weighted by Crippen LogP contribution is -2.19.